The van der Waals surface area contributed by atoms with Crippen molar-refractivity contribution in [2.45, 2.75) is 37.3 Å². The fraction of sp³-hybridized carbons (Fsp3) is 0.500. The zero-order valence-electron chi connectivity index (χ0n) is 8.39. The Bertz CT molecular complexity index is 284. The quantitative estimate of drug-likeness (QED) is 0.707. The molecule has 0 radical (unpaired) electrons. The van der Waals surface area contributed by atoms with Gasteiger partial charge in [0.25, 0.3) is 0 Å². The minimum absolute atomic E-state index is 0.131. The summed E-state index contributed by atoms with van der Waals surface area (Å²) in [6, 6.07) is 10.8. The van der Waals surface area contributed by atoms with Crippen LogP contribution in [0.5, 0.6) is 0 Å². The van der Waals surface area contributed by atoms with Crippen LogP contribution in [-0.2, 0) is 0 Å². The Labute approximate surface area is 85.3 Å². The molecule has 2 rings (SSSR count). The van der Waals surface area contributed by atoms with Crippen LogP contribution in [0.4, 0.5) is 0 Å². The van der Waals surface area contributed by atoms with Crippen LogP contribution in [0.3, 0.4) is 0 Å². The normalized spacial score (nSPS) is 32.9. The predicted octanol–water partition coefficient (Wildman–Crippen LogP) is 1.61. The molecule has 2 heteroatoms. The van der Waals surface area contributed by atoms with Crippen molar-refractivity contribution in [3.8, 4) is 0 Å². The molecule has 0 aromatic heterocycles. The first-order valence-electron chi connectivity index (χ1n) is 5.35. The predicted molar refractivity (Wildman–Crippen MR) is 59.0 cm³/mol. The van der Waals surface area contributed by atoms with Crippen LogP contribution in [0.25, 0.3) is 0 Å². The highest BCUT2D eigenvalue weighted by Crippen LogP contribution is 2.31. The smallest absolute Gasteiger partial charge is 0.0262 e. The second-order valence-electron chi connectivity index (χ2n) is 4.19. The monoisotopic (exact) mass is 190 g/mol. The fourth-order valence-corrected chi connectivity index (χ4v) is 2.35. The van der Waals surface area contributed by atoms with E-state index < -0.39 is 0 Å². The van der Waals surface area contributed by atoms with E-state index >= 15 is 0 Å². The maximum atomic E-state index is 6.13. The summed E-state index contributed by atoms with van der Waals surface area (Å²) in [7, 11) is 0. The number of benzene rings is 1. The first-order chi connectivity index (χ1) is 6.79. The summed E-state index contributed by atoms with van der Waals surface area (Å²) >= 11 is 0. The maximum Gasteiger partial charge on any atom is 0.0262 e. The second kappa shape index (κ2) is 4.11. The molecule has 4 N–H and O–H groups in total. The molecule has 3 unspecified atom stereocenters. The minimum atomic E-state index is 0.131. The molecule has 0 heterocycles. The average molecular weight is 190 g/mol. The molecule has 1 saturated carbocycles. The van der Waals surface area contributed by atoms with Crippen molar-refractivity contribution in [2.24, 2.45) is 11.5 Å². The molecule has 0 aliphatic heterocycles. The van der Waals surface area contributed by atoms with E-state index in [-0.39, 0.29) is 12.1 Å². The molecule has 3 atom stereocenters. The van der Waals surface area contributed by atoms with Gasteiger partial charge in [0, 0.05) is 18.0 Å². The van der Waals surface area contributed by atoms with Gasteiger partial charge >= 0.3 is 0 Å². The SMILES string of the molecule is NC1CCCC(c2ccccc2)C1N. The molecule has 0 saturated heterocycles. The lowest BCUT2D eigenvalue weighted by molar-refractivity contribution is 0.339. The zero-order valence-corrected chi connectivity index (χ0v) is 8.39. The van der Waals surface area contributed by atoms with E-state index in [1.54, 1.807) is 0 Å². The van der Waals surface area contributed by atoms with Gasteiger partial charge < -0.3 is 11.5 Å². The summed E-state index contributed by atoms with van der Waals surface area (Å²) in [4.78, 5) is 0. The first kappa shape index (κ1) is 9.69. The van der Waals surface area contributed by atoms with Crippen molar-refractivity contribution in [3.63, 3.8) is 0 Å². The second-order valence-corrected chi connectivity index (χ2v) is 4.19. The van der Waals surface area contributed by atoms with E-state index in [1.165, 1.54) is 18.4 Å². The zero-order chi connectivity index (χ0) is 9.97. The third-order valence-electron chi connectivity index (χ3n) is 3.24. The number of nitrogens with two attached hydrogens (primary N) is 2. The Hall–Kier alpha value is -0.860. The molecular formula is C12H18N2. The molecule has 1 aromatic carbocycles. The standard InChI is InChI=1S/C12H18N2/c13-11-8-4-7-10(12(11)14)9-5-2-1-3-6-9/h1-3,5-6,10-12H,4,7-8,13-14H2. The van der Waals surface area contributed by atoms with Crippen molar-refractivity contribution in [2.75, 3.05) is 0 Å². The molecule has 0 spiro atoms. The maximum absolute atomic E-state index is 6.13. The Kier molecular flexibility index (Phi) is 2.85. The van der Waals surface area contributed by atoms with Gasteiger partial charge in [-0.05, 0) is 18.4 Å². The van der Waals surface area contributed by atoms with Crippen molar-refractivity contribution in [3.05, 3.63) is 35.9 Å². The Morgan fingerprint density at radius 1 is 1.00 bits per heavy atom. The van der Waals surface area contributed by atoms with E-state index in [0.29, 0.717) is 5.92 Å². The number of hydrogen-bond acceptors (Lipinski definition) is 2. The van der Waals surface area contributed by atoms with Gasteiger partial charge in [0.05, 0.1) is 0 Å². The number of hydrogen-bond donors (Lipinski definition) is 2. The summed E-state index contributed by atoms with van der Waals surface area (Å²) in [6.07, 6.45) is 3.46. The molecular weight excluding hydrogens is 172 g/mol. The van der Waals surface area contributed by atoms with Crippen molar-refractivity contribution >= 4 is 0 Å². The third-order valence-corrected chi connectivity index (χ3v) is 3.24. The van der Waals surface area contributed by atoms with Gasteiger partial charge in [-0.25, -0.2) is 0 Å². The highest BCUT2D eigenvalue weighted by molar-refractivity contribution is 5.22. The van der Waals surface area contributed by atoms with E-state index in [0.717, 1.165) is 6.42 Å². The first-order valence-corrected chi connectivity index (χ1v) is 5.35. The molecule has 14 heavy (non-hydrogen) atoms. The van der Waals surface area contributed by atoms with Crippen LogP contribution in [-0.4, -0.2) is 12.1 Å². The van der Waals surface area contributed by atoms with Gasteiger partial charge in [-0.15, -0.1) is 0 Å². The van der Waals surface area contributed by atoms with Crippen molar-refractivity contribution in [1.29, 1.82) is 0 Å². The summed E-state index contributed by atoms with van der Waals surface area (Å²) in [5, 5.41) is 0. The summed E-state index contributed by atoms with van der Waals surface area (Å²) in [6.45, 7) is 0. The lowest BCUT2D eigenvalue weighted by Gasteiger charge is -2.33. The summed E-state index contributed by atoms with van der Waals surface area (Å²) in [5.74, 6) is 0.458. The molecule has 1 aliphatic carbocycles. The van der Waals surface area contributed by atoms with Crippen LogP contribution in [0, 0.1) is 0 Å². The molecule has 0 amide bonds. The van der Waals surface area contributed by atoms with Gasteiger partial charge in [-0.2, -0.15) is 0 Å². The topological polar surface area (TPSA) is 52.0 Å². The lowest BCUT2D eigenvalue weighted by Crippen LogP contribution is -2.48. The minimum Gasteiger partial charge on any atom is -0.326 e. The Balaban J connectivity index is 2.17. The molecule has 0 bridgehead atoms. The summed E-state index contributed by atoms with van der Waals surface area (Å²) in [5.41, 5.74) is 13.5. The van der Waals surface area contributed by atoms with E-state index in [4.69, 9.17) is 11.5 Å². The molecule has 76 valence electrons. The van der Waals surface area contributed by atoms with Crippen LogP contribution >= 0.6 is 0 Å². The molecule has 1 fully saturated rings. The molecule has 2 nitrogen and oxygen atoms in total. The van der Waals surface area contributed by atoms with Crippen molar-refractivity contribution in [1.82, 2.24) is 0 Å². The van der Waals surface area contributed by atoms with Crippen LogP contribution in [0.15, 0.2) is 30.3 Å². The number of rotatable bonds is 1. The molecule has 1 aliphatic rings. The third kappa shape index (κ3) is 1.81. The van der Waals surface area contributed by atoms with Gasteiger partial charge in [0.15, 0.2) is 0 Å². The van der Waals surface area contributed by atoms with E-state index in [1.807, 2.05) is 6.07 Å². The van der Waals surface area contributed by atoms with Crippen LogP contribution in [0.2, 0.25) is 0 Å². The fourth-order valence-electron chi connectivity index (χ4n) is 2.35. The Morgan fingerprint density at radius 3 is 2.43 bits per heavy atom. The summed E-state index contributed by atoms with van der Waals surface area (Å²) < 4.78 is 0. The Morgan fingerprint density at radius 2 is 1.71 bits per heavy atom. The van der Waals surface area contributed by atoms with Gasteiger partial charge in [-0.3, -0.25) is 0 Å². The lowest BCUT2D eigenvalue weighted by atomic mass is 9.78. The van der Waals surface area contributed by atoms with Crippen LogP contribution in [0.1, 0.15) is 30.7 Å². The van der Waals surface area contributed by atoms with Gasteiger partial charge in [0.2, 0.25) is 0 Å². The highest BCUT2D eigenvalue weighted by atomic mass is 14.8. The largest absolute Gasteiger partial charge is 0.326 e. The van der Waals surface area contributed by atoms with Gasteiger partial charge in [-0.1, -0.05) is 36.8 Å². The van der Waals surface area contributed by atoms with Crippen LogP contribution < -0.4 is 11.5 Å². The van der Waals surface area contributed by atoms with Gasteiger partial charge in [0.1, 0.15) is 0 Å². The van der Waals surface area contributed by atoms with E-state index in [2.05, 4.69) is 24.3 Å². The van der Waals surface area contributed by atoms with Crippen molar-refractivity contribution < 1.29 is 0 Å². The van der Waals surface area contributed by atoms with E-state index in [9.17, 15) is 0 Å². The average Bonchev–Trinajstić information content (AvgIpc) is 2.23. The highest BCUT2D eigenvalue weighted by Gasteiger charge is 2.28. The molecule has 1 aromatic rings.